The monoisotopic (exact) mass is 697 g/mol. The van der Waals surface area contributed by atoms with Crippen molar-refractivity contribution in [1.29, 1.82) is 0 Å². The number of nitrogens with one attached hydrogen (secondary N) is 1. The molecule has 0 unspecified atom stereocenters. The van der Waals surface area contributed by atoms with E-state index >= 15 is 0 Å². The number of carboxylic acids is 3. The van der Waals surface area contributed by atoms with E-state index in [2.05, 4.69) is 12.2 Å². The van der Waals surface area contributed by atoms with Gasteiger partial charge in [-0.2, -0.15) is 0 Å². The van der Waals surface area contributed by atoms with Crippen LogP contribution in [0.1, 0.15) is 96.0 Å². The first-order valence-corrected chi connectivity index (χ1v) is 18.3. The van der Waals surface area contributed by atoms with Crippen molar-refractivity contribution in [2.45, 2.75) is 113 Å². The lowest BCUT2D eigenvalue weighted by Crippen LogP contribution is -2.55. The van der Waals surface area contributed by atoms with E-state index in [1.165, 1.54) is 12.5 Å². The van der Waals surface area contributed by atoms with Crippen LogP contribution in [0.25, 0.3) is 11.1 Å². The SMILES string of the molecule is CCCCCCCC(=O)CCCCCCC=C[C@H](C(=O)N[C@@H](Cc1ccc(-c2ccc(SC)cc2)cc1)C(=O)O)[C@@](O)(CC(=O)O)C(=O)O. The second-order valence-corrected chi connectivity index (χ2v) is 13.3. The van der Waals surface area contributed by atoms with Crippen LogP contribution in [0, 0.1) is 5.92 Å². The first-order chi connectivity index (χ1) is 23.4. The fraction of sp³-hybridized carbons (Fsp3) is 0.500. The molecule has 49 heavy (non-hydrogen) atoms. The Bertz CT molecular complexity index is 1390. The third kappa shape index (κ3) is 14.6. The van der Waals surface area contributed by atoms with Crippen LogP contribution in [0.4, 0.5) is 0 Å². The molecule has 0 spiro atoms. The Balaban J connectivity index is 2.03. The van der Waals surface area contributed by atoms with Crippen LogP contribution in [-0.4, -0.2) is 67.9 Å². The first-order valence-electron chi connectivity index (χ1n) is 17.0. The maximum atomic E-state index is 13.4. The molecule has 1 amide bonds. The number of aliphatic hydroxyl groups is 1. The Morgan fingerprint density at radius 1 is 0.796 bits per heavy atom. The van der Waals surface area contributed by atoms with Crippen molar-refractivity contribution in [2.75, 3.05) is 6.26 Å². The number of hydrogen-bond donors (Lipinski definition) is 5. The Labute approximate surface area is 293 Å². The van der Waals surface area contributed by atoms with Gasteiger partial charge in [0.2, 0.25) is 5.91 Å². The molecule has 2 aromatic rings. The van der Waals surface area contributed by atoms with E-state index in [1.807, 2.05) is 42.7 Å². The van der Waals surface area contributed by atoms with Gasteiger partial charge in [0.1, 0.15) is 11.8 Å². The lowest BCUT2D eigenvalue weighted by atomic mass is 9.82. The quantitative estimate of drug-likeness (QED) is 0.0416. The summed E-state index contributed by atoms with van der Waals surface area (Å²) >= 11 is 1.63. The summed E-state index contributed by atoms with van der Waals surface area (Å²) in [7, 11) is 0. The van der Waals surface area contributed by atoms with Crippen LogP contribution in [0.2, 0.25) is 0 Å². The molecular weight excluding hydrogens is 646 g/mol. The number of Topliss-reactive ketones (excluding diaryl/α,β-unsaturated/α-hetero) is 1. The van der Waals surface area contributed by atoms with Crippen molar-refractivity contribution in [1.82, 2.24) is 5.32 Å². The lowest BCUT2D eigenvalue weighted by Gasteiger charge is -2.29. The molecule has 0 fully saturated rings. The maximum absolute atomic E-state index is 13.4. The summed E-state index contributed by atoms with van der Waals surface area (Å²) in [6.07, 6.45) is 13.3. The molecule has 0 heterocycles. The summed E-state index contributed by atoms with van der Waals surface area (Å²) < 4.78 is 0. The van der Waals surface area contributed by atoms with Gasteiger partial charge < -0.3 is 25.7 Å². The molecule has 2 aromatic carbocycles. The maximum Gasteiger partial charge on any atom is 0.337 e. The minimum atomic E-state index is -3.01. The predicted molar refractivity (Wildman–Crippen MR) is 190 cm³/mol. The number of ketones is 1. The van der Waals surface area contributed by atoms with Gasteiger partial charge in [0.15, 0.2) is 5.60 Å². The van der Waals surface area contributed by atoms with Crippen LogP contribution in [-0.2, 0) is 30.4 Å². The van der Waals surface area contributed by atoms with Crippen LogP contribution in [0.3, 0.4) is 0 Å². The minimum Gasteiger partial charge on any atom is -0.481 e. The number of benzene rings is 2. The summed E-state index contributed by atoms with van der Waals surface area (Å²) in [6, 6.07) is 13.6. The van der Waals surface area contributed by atoms with Crippen molar-refractivity contribution < 1.29 is 44.4 Å². The number of carbonyl (C=O) groups is 5. The Morgan fingerprint density at radius 3 is 1.86 bits per heavy atom. The largest absolute Gasteiger partial charge is 0.481 e. The van der Waals surface area contributed by atoms with Crippen molar-refractivity contribution in [3.8, 4) is 11.1 Å². The fourth-order valence-corrected chi connectivity index (χ4v) is 5.96. The highest BCUT2D eigenvalue weighted by Crippen LogP contribution is 2.27. The van der Waals surface area contributed by atoms with Gasteiger partial charge in [0.25, 0.3) is 0 Å². The summed E-state index contributed by atoms with van der Waals surface area (Å²) in [4.78, 5) is 62.4. The number of carboxylic acid groups (broad SMARTS) is 3. The molecule has 0 aliphatic carbocycles. The number of unbranched alkanes of at least 4 members (excludes halogenated alkanes) is 8. The highest BCUT2D eigenvalue weighted by molar-refractivity contribution is 7.98. The molecule has 0 saturated carbocycles. The van der Waals surface area contributed by atoms with E-state index in [-0.39, 0.29) is 12.2 Å². The van der Waals surface area contributed by atoms with Crippen LogP contribution < -0.4 is 5.32 Å². The van der Waals surface area contributed by atoms with Crippen LogP contribution >= 0.6 is 11.8 Å². The third-order valence-corrected chi connectivity index (χ3v) is 9.23. The minimum absolute atomic E-state index is 0.130. The average Bonchev–Trinajstić information content (AvgIpc) is 3.07. The Kier molecular flexibility index (Phi) is 18.4. The zero-order valence-corrected chi connectivity index (χ0v) is 29.4. The Hall–Kier alpha value is -3.96. The smallest absolute Gasteiger partial charge is 0.337 e. The molecule has 0 aliphatic heterocycles. The number of aliphatic carboxylic acids is 3. The molecule has 11 heteroatoms. The number of rotatable bonds is 25. The Morgan fingerprint density at radius 2 is 1.35 bits per heavy atom. The van der Waals surface area contributed by atoms with Gasteiger partial charge >= 0.3 is 17.9 Å². The number of amides is 1. The van der Waals surface area contributed by atoms with Crippen molar-refractivity contribution >= 4 is 41.4 Å². The number of thioether (sulfide) groups is 1. The summed E-state index contributed by atoms with van der Waals surface area (Å²) in [5.74, 6) is -7.64. The van der Waals surface area contributed by atoms with E-state index in [0.29, 0.717) is 31.2 Å². The normalized spacial score (nSPS) is 13.8. The molecule has 0 aromatic heterocycles. The number of hydrogen-bond acceptors (Lipinski definition) is 7. The zero-order chi connectivity index (χ0) is 36.2. The molecule has 2 rings (SSSR count). The highest BCUT2D eigenvalue weighted by Gasteiger charge is 2.49. The molecule has 10 nitrogen and oxygen atoms in total. The summed E-state index contributed by atoms with van der Waals surface area (Å²) in [5, 5.41) is 42.3. The van der Waals surface area contributed by atoms with E-state index in [1.54, 1.807) is 23.9 Å². The molecular formula is C38H51NO9S. The van der Waals surface area contributed by atoms with Gasteiger partial charge in [0.05, 0.1) is 12.3 Å². The van der Waals surface area contributed by atoms with Crippen molar-refractivity contribution in [3.05, 3.63) is 66.2 Å². The van der Waals surface area contributed by atoms with Crippen LogP contribution in [0.5, 0.6) is 0 Å². The van der Waals surface area contributed by atoms with Gasteiger partial charge in [0, 0.05) is 24.2 Å². The molecule has 0 radical (unpaired) electrons. The van der Waals surface area contributed by atoms with Gasteiger partial charge in [-0.1, -0.05) is 94.0 Å². The summed E-state index contributed by atoms with van der Waals surface area (Å²) in [5.41, 5.74) is -0.525. The average molecular weight is 698 g/mol. The predicted octanol–water partition coefficient (Wildman–Crippen LogP) is 6.92. The van der Waals surface area contributed by atoms with Gasteiger partial charge in [-0.15, -0.1) is 11.8 Å². The molecule has 0 bridgehead atoms. The number of allylic oxidation sites excluding steroid dienone is 1. The third-order valence-electron chi connectivity index (χ3n) is 8.48. The van der Waals surface area contributed by atoms with Gasteiger partial charge in [-0.3, -0.25) is 14.4 Å². The van der Waals surface area contributed by atoms with Crippen molar-refractivity contribution in [3.63, 3.8) is 0 Å². The number of carbonyl (C=O) groups excluding carboxylic acids is 2. The molecule has 0 saturated heterocycles. The summed E-state index contributed by atoms with van der Waals surface area (Å²) in [6.45, 7) is 2.15. The van der Waals surface area contributed by atoms with E-state index in [0.717, 1.165) is 67.0 Å². The second kappa shape index (κ2) is 21.9. The first kappa shape index (κ1) is 41.2. The second-order valence-electron chi connectivity index (χ2n) is 12.4. The molecule has 0 aliphatic rings. The molecule has 5 N–H and O–H groups in total. The topological polar surface area (TPSA) is 178 Å². The van der Waals surface area contributed by atoms with E-state index in [4.69, 9.17) is 0 Å². The van der Waals surface area contributed by atoms with Crippen LogP contribution in [0.15, 0.2) is 65.6 Å². The highest BCUT2D eigenvalue weighted by atomic mass is 32.2. The fourth-order valence-electron chi connectivity index (χ4n) is 5.55. The van der Waals surface area contributed by atoms with Gasteiger partial charge in [-0.25, -0.2) is 9.59 Å². The van der Waals surface area contributed by atoms with Gasteiger partial charge in [-0.05, 0) is 60.8 Å². The standard InChI is InChI=1S/C38H51NO9S/c1-3-4-5-8-11-14-30(40)15-12-9-6-7-10-13-16-32(38(48,37(46)47)26-34(41)42)35(43)39-33(36(44)45)25-27-17-19-28(20-18-27)29-21-23-31(49-2)24-22-29/h13,16-24,32-33,48H,3-12,14-15,25-26H2,1-2H3,(H,39,43)(H,41,42)(H,44,45)(H,46,47)/t32-,33+,38+/m1/s1. The lowest BCUT2D eigenvalue weighted by molar-refractivity contribution is -0.172. The molecule has 3 atom stereocenters. The molecule has 268 valence electrons. The van der Waals surface area contributed by atoms with E-state index < -0.39 is 47.8 Å². The van der Waals surface area contributed by atoms with Crippen molar-refractivity contribution in [2.24, 2.45) is 5.92 Å². The zero-order valence-electron chi connectivity index (χ0n) is 28.6. The van der Waals surface area contributed by atoms with E-state index in [9.17, 15) is 44.4 Å².